The number of carbonyl (C=O) groups excluding carboxylic acids is 2. The van der Waals surface area contributed by atoms with Crippen LogP contribution in [0.4, 0.5) is 0 Å². The Hall–Kier alpha value is -2.62. The van der Waals surface area contributed by atoms with Gasteiger partial charge in [-0.2, -0.15) is 5.10 Å². The van der Waals surface area contributed by atoms with Crippen LogP contribution in [0, 0.1) is 0 Å². The molecule has 0 aliphatic carbocycles. The largest absolute Gasteiger partial charge is 0.462 e. The maximum absolute atomic E-state index is 12.0. The van der Waals surface area contributed by atoms with E-state index in [9.17, 15) is 9.59 Å². The van der Waals surface area contributed by atoms with Gasteiger partial charge in [0.1, 0.15) is 6.54 Å². The van der Waals surface area contributed by atoms with Crippen molar-refractivity contribution in [1.82, 2.24) is 24.9 Å². The topological polar surface area (TPSA) is 101 Å². The van der Waals surface area contributed by atoms with E-state index in [0.29, 0.717) is 37.8 Å². The standard InChI is InChI=1S/C19H32N6O4/c1-5-29-18(27)15-11-22-25(13-15)16-7-6-9-24(14-16)19(20-8-10-28-4)21-12-17(26)23(2)3/h11,13,16H,5-10,12,14H2,1-4H3,(H,20,21). The first-order valence-corrected chi connectivity index (χ1v) is 9.89. The van der Waals surface area contributed by atoms with Crippen LogP contribution in [0.3, 0.4) is 0 Å². The van der Waals surface area contributed by atoms with Gasteiger partial charge in [-0.15, -0.1) is 0 Å². The quantitative estimate of drug-likeness (QED) is 0.287. The van der Waals surface area contributed by atoms with Crippen LogP contribution in [0.2, 0.25) is 0 Å². The number of amides is 1. The maximum Gasteiger partial charge on any atom is 0.341 e. The Balaban J connectivity index is 2.08. The fourth-order valence-electron chi connectivity index (χ4n) is 3.04. The highest BCUT2D eigenvalue weighted by molar-refractivity contribution is 5.88. The van der Waals surface area contributed by atoms with Gasteiger partial charge in [0.05, 0.1) is 31.0 Å². The minimum absolute atomic E-state index is 0.0595. The summed E-state index contributed by atoms with van der Waals surface area (Å²) in [7, 11) is 5.07. The first kappa shape index (κ1) is 22.7. The number of methoxy groups -OCH3 is 1. The average molecular weight is 409 g/mol. The number of likely N-dealkylation sites (tertiary alicyclic amines) is 1. The number of nitrogens with one attached hydrogen (secondary N) is 1. The Kier molecular flexibility index (Phi) is 8.91. The van der Waals surface area contributed by atoms with Crippen molar-refractivity contribution in [1.29, 1.82) is 0 Å². The lowest BCUT2D eigenvalue weighted by Gasteiger charge is -2.35. The minimum Gasteiger partial charge on any atom is -0.462 e. The molecule has 1 aliphatic rings. The van der Waals surface area contributed by atoms with Crippen LogP contribution in [-0.2, 0) is 14.3 Å². The van der Waals surface area contributed by atoms with E-state index in [1.165, 1.54) is 4.90 Å². The summed E-state index contributed by atoms with van der Waals surface area (Å²) < 4.78 is 12.0. The molecule has 1 atom stereocenters. The molecule has 1 amide bonds. The zero-order chi connectivity index (χ0) is 21.2. The average Bonchev–Trinajstić information content (AvgIpc) is 3.21. The summed E-state index contributed by atoms with van der Waals surface area (Å²) in [5, 5.41) is 7.63. The third-order valence-electron chi connectivity index (χ3n) is 4.63. The van der Waals surface area contributed by atoms with E-state index in [4.69, 9.17) is 9.47 Å². The molecule has 2 heterocycles. The number of hydrogen-bond donors (Lipinski definition) is 1. The number of carbonyl (C=O) groups is 2. The SMILES string of the molecule is CCOC(=O)c1cnn(C2CCCN(C(=NCC(=O)N(C)C)NCCOC)C2)c1. The third-order valence-corrected chi connectivity index (χ3v) is 4.63. The summed E-state index contributed by atoms with van der Waals surface area (Å²) in [5.41, 5.74) is 0.452. The molecule has 162 valence electrons. The molecule has 29 heavy (non-hydrogen) atoms. The number of aromatic nitrogens is 2. The normalized spacial score (nSPS) is 17.2. The van der Waals surface area contributed by atoms with Crippen molar-refractivity contribution in [2.75, 3.05) is 60.6 Å². The van der Waals surface area contributed by atoms with Gasteiger partial charge in [-0.3, -0.25) is 9.48 Å². The summed E-state index contributed by atoms with van der Waals surface area (Å²) in [6.07, 6.45) is 5.17. The molecule has 10 heteroatoms. The summed E-state index contributed by atoms with van der Waals surface area (Å²) in [4.78, 5) is 32.0. The molecule has 1 aliphatic heterocycles. The molecule has 1 aromatic rings. The van der Waals surface area contributed by atoms with Crippen molar-refractivity contribution >= 4 is 17.8 Å². The predicted molar refractivity (Wildman–Crippen MR) is 109 cm³/mol. The number of rotatable bonds is 8. The lowest BCUT2D eigenvalue weighted by molar-refractivity contribution is -0.127. The Labute approximate surface area is 171 Å². The van der Waals surface area contributed by atoms with Crippen molar-refractivity contribution in [2.24, 2.45) is 4.99 Å². The summed E-state index contributed by atoms with van der Waals surface area (Å²) in [6, 6.07) is 0.103. The number of piperidine rings is 1. The van der Waals surface area contributed by atoms with E-state index >= 15 is 0 Å². The van der Waals surface area contributed by atoms with Crippen LogP contribution < -0.4 is 5.32 Å². The zero-order valence-electron chi connectivity index (χ0n) is 17.8. The Morgan fingerprint density at radius 3 is 2.90 bits per heavy atom. The molecule has 1 fully saturated rings. The third kappa shape index (κ3) is 6.74. The molecule has 2 rings (SSSR count). The summed E-state index contributed by atoms with van der Waals surface area (Å²) in [6.45, 7) is 4.84. The Morgan fingerprint density at radius 2 is 2.21 bits per heavy atom. The lowest BCUT2D eigenvalue weighted by Crippen LogP contribution is -2.48. The van der Waals surface area contributed by atoms with Crippen molar-refractivity contribution in [3.05, 3.63) is 18.0 Å². The molecular weight excluding hydrogens is 376 g/mol. The second kappa shape index (κ2) is 11.4. The van der Waals surface area contributed by atoms with Gasteiger partial charge in [-0.1, -0.05) is 0 Å². The number of guanidine groups is 1. The van der Waals surface area contributed by atoms with E-state index in [2.05, 4.69) is 20.3 Å². The lowest BCUT2D eigenvalue weighted by atomic mass is 10.1. The summed E-state index contributed by atoms with van der Waals surface area (Å²) in [5.74, 6) is 0.257. The van der Waals surface area contributed by atoms with Crippen molar-refractivity contribution in [3.63, 3.8) is 0 Å². The zero-order valence-corrected chi connectivity index (χ0v) is 17.8. The smallest absolute Gasteiger partial charge is 0.341 e. The fourth-order valence-corrected chi connectivity index (χ4v) is 3.04. The molecule has 1 aromatic heterocycles. The first-order valence-electron chi connectivity index (χ1n) is 9.89. The van der Waals surface area contributed by atoms with Gasteiger partial charge in [0.15, 0.2) is 5.96 Å². The molecule has 10 nitrogen and oxygen atoms in total. The second-order valence-corrected chi connectivity index (χ2v) is 7.02. The van der Waals surface area contributed by atoms with Crippen LogP contribution in [0.25, 0.3) is 0 Å². The highest BCUT2D eigenvalue weighted by Crippen LogP contribution is 2.21. The Bertz CT molecular complexity index is 703. The maximum atomic E-state index is 12.0. The van der Waals surface area contributed by atoms with Gasteiger partial charge in [0.2, 0.25) is 5.91 Å². The molecule has 0 saturated carbocycles. The highest BCUT2D eigenvalue weighted by Gasteiger charge is 2.25. The monoisotopic (exact) mass is 408 g/mol. The van der Waals surface area contributed by atoms with Crippen LogP contribution in [0.5, 0.6) is 0 Å². The molecular formula is C19H32N6O4. The molecule has 0 aromatic carbocycles. The Morgan fingerprint density at radius 1 is 1.41 bits per heavy atom. The molecule has 1 N–H and O–H groups in total. The van der Waals surface area contributed by atoms with Gasteiger partial charge < -0.3 is 24.6 Å². The molecule has 0 radical (unpaired) electrons. The van der Waals surface area contributed by atoms with E-state index in [-0.39, 0.29) is 24.5 Å². The van der Waals surface area contributed by atoms with Gasteiger partial charge in [-0.05, 0) is 19.8 Å². The van der Waals surface area contributed by atoms with Gasteiger partial charge in [-0.25, -0.2) is 9.79 Å². The number of ether oxygens (including phenoxy) is 2. The molecule has 0 spiro atoms. The van der Waals surface area contributed by atoms with E-state index < -0.39 is 0 Å². The molecule has 1 saturated heterocycles. The number of esters is 1. The molecule has 1 unspecified atom stereocenters. The number of hydrogen-bond acceptors (Lipinski definition) is 6. The number of aliphatic imine (C=N–C) groups is 1. The van der Waals surface area contributed by atoms with Gasteiger partial charge in [0, 0.05) is 47.0 Å². The summed E-state index contributed by atoms with van der Waals surface area (Å²) >= 11 is 0. The van der Waals surface area contributed by atoms with Crippen molar-refractivity contribution in [3.8, 4) is 0 Å². The highest BCUT2D eigenvalue weighted by atomic mass is 16.5. The molecule has 0 bridgehead atoms. The van der Waals surface area contributed by atoms with E-state index in [1.54, 1.807) is 40.5 Å². The number of nitrogens with zero attached hydrogens (tertiary/aromatic N) is 5. The first-order chi connectivity index (χ1) is 14.0. The van der Waals surface area contributed by atoms with E-state index in [0.717, 1.165) is 19.4 Å². The fraction of sp³-hybridized carbons (Fsp3) is 0.684. The second-order valence-electron chi connectivity index (χ2n) is 7.02. The van der Waals surface area contributed by atoms with Gasteiger partial charge >= 0.3 is 5.97 Å². The van der Waals surface area contributed by atoms with Crippen LogP contribution in [-0.4, -0.2) is 98.0 Å². The predicted octanol–water partition coefficient (Wildman–Crippen LogP) is 0.377. The number of likely N-dealkylation sites (N-methyl/N-ethyl adjacent to an activating group) is 1. The van der Waals surface area contributed by atoms with Crippen molar-refractivity contribution in [2.45, 2.75) is 25.8 Å². The minimum atomic E-state index is -0.364. The van der Waals surface area contributed by atoms with Gasteiger partial charge in [0.25, 0.3) is 0 Å². The van der Waals surface area contributed by atoms with E-state index in [1.807, 2.05) is 4.68 Å². The van der Waals surface area contributed by atoms with Crippen LogP contribution in [0.15, 0.2) is 17.4 Å². The van der Waals surface area contributed by atoms with Crippen LogP contribution in [0.1, 0.15) is 36.2 Å². The van der Waals surface area contributed by atoms with Crippen LogP contribution >= 0.6 is 0 Å². The van der Waals surface area contributed by atoms with Crippen molar-refractivity contribution < 1.29 is 19.1 Å².